The topological polar surface area (TPSA) is 172 Å². The molecule has 0 aliphatic carbocycles. The maximum absolute atomic E-state index is 12.6. The van der Waals surface area contributed by atoms with Crippen molar-refractivity contribution in [1.82, 2.24) is 5.32 Å². The molecule has 0 aliphatic heterocycles. The van der Waals surface area contributed by atoms with Gasteiger partial charge in [-0.15, -0.1) is 0 Å². The van der Waals surface area contributed by atoms with E-state index in [1.165, 1.54) is 12.1 Å². The van der Waals surface area contributed by atoms with Gasteiger partial charge in [-0.2, -0.15) is 0 Å². The van der Waals surface area contributed by atoms with Gasteiger partial charge in [0, 0.05) is 32.5 Å². The number of benzene rings is 2. The van der Waals surface area contributed by atoms with Crippen LogP contribution in [-0.4, -0.2) is 62.4 Å². The van der Waals surface area contributed by atoms with E-state index >= 15 is 0 Å². The van der Waals surface area contributed by atoms with Crippen molar-refractivity contribution in [3.8, 4) is 0 Å². The molecule has 0 aliphatic rings. The van der Waals surface area contributed by atoms with Crippen molar-refractivity contribution in [2.75, 3.05) is 38.3 Å². The van der Waals surface area contributed by atoms with Gasteiger partial charge in [-0.3, -0.25) is 14.4 Å². The van der Waals surface area contributed by atoms with Crippen molar-refractivity contribution in [2.45, 2.75) is 32.8 Å². The molecule has 0 heterocycles. The molecule has 12 heteroatoms. The maximum atomic E-state index is 12.6. The number of halogens is 1. The van der Waals surface area contributed by atoms with Crippen LogP contribution in [-0.2, 0) is 20.6 Å². The first-order valence-corrected chi connectivity index (χ1v) is 12.9. The highest BCUT2D eigenvalue weighted by Crippen LogP contribution is 2.23. The summed E-state index contributed by atoms with van der Waals surface area (Å²) in [6.45, 7) is 6.56. The Morgan fingerprint density at radius 3 is 1.95 bits per heavy atom. The predicted molar refractivity (Wildman–Crippen MR) is 150 cm³/mol. The molecule has 0 saturated heterocycles. The Morgan fingerprint density at radius 2 is 1.42 bits per heavy atom. The third kappa shape index (κ3) is 10.6. The van der Waals surface area contributed by atoms with Crippen molar-refractivity contribution in [3.63, 3.8) is 0 Å². The minimum absolute atomic E-state index is 0.0623. The molecular weight excluding hydrogens is 607 g/mol. The summed E-state index contributed by atoms with van der Waals surface area (Å²) in [6.07, 6.45) is -0.337. The van der Waals surface area contributed by atoms with Gasteiger partial charge in [0.1, 0.15) is 5.60 Å². The van der Waals surface area contributed by atoms with E-state index in [1.807, 2.05) is 0 Å². The maximum Gasteiger partial charge on any atom is 0.407 e. The number of amides is 4. The molecule has 11 nitrogen and oxygen atoms in total. The number of rotatable bonds is 13. The number of nitrogens with one attached hydrogen (secondary N) is 2. The Morgan fingerprint density at radius 1 is 0.868 bits per heavy atom. The number of primary amides is 2. The van der Waals surface area contributed by atoms with E-state index in [2.05, 4.69) is 33.2 Å². The minimum atomic E-state index is -0.770. The molecule has 0 atom stereocenters. The summed E-state index contributed by atoms with van der Waals surface area (Å²) in [7, 11) is 0. The third-order valence-electron chi connectivity index (χ3n) is 4.93. The molecule has 0 bridgehead atoms. The lowest BCUT2D eigenvalue weighted by Gasteiger charge is -2.19. The molecule has 0 unspecified atom stereocenters. The molecule has 38 heavy (non-hydrogen) atoms. The highest BCUT2D eigenvalue weighted by atomic mass is 127. The SMILES string of the molecule is CC(C)(C)OC(=O)NCCOCCOCCc1c(C(N)=O)cc(NC(=O)c2ccc(I)cc2)cc1C(N)=O. The highest BCUT2D eigenvalue weighted by molar-refractivity contribution is 14.1. The quantitative estimate of drug-likeness (QED) is 0.193. The largest absolute Gasteiger partial charge is 0.444 e. The van der Waals surface area contributed by atoms with Crippen LogP contribution in [0.15, 0.2) is 36.4 Å². The van der Waals surface area contributed by atoms with Gasteiger partial charge in [0.05, 0.1) is 26.4 Å². The summed E-state index contributed by atoms with van der Waals surface area (Å²) < 4.78 is 17.1. The van der Waals surface area contributed by atoms with E-state index in [4.69, 9.17) is 25.7 Å². The molecule has 206 valence electrons. The van der Waals surface area contributed by atoms with E-state index in [0.29, 0.717) is 11.1 Å². The van der Waals surface area contributed by atoms with Crippen LogP contribution in [0.1, 0.15) is 57.4 Å². The first-order valence-electron chi connectivity index (χ1n) is 11.8. The van der Waals surface area contributed by atoms with Crippen LogP contribution >= 0.6 is 22.6 Å². The number of nitrogens with two attached hydrogens (primary N) is 2. The van der Waals surface area contributed by atoms with E-state index in [-0.39, 0.29) is 56.2 Å². The average molecular weight is 640 g/mol. The minimum Gasteiger partial charge on any atom is -0.444 e. The molecule has 0 spiro atoms. The second kappa shape index (κ2) is 14.6. The van der Waals surface area contributed by atoms with Crippen molar-refractivity contribution in [3.05, 3.63) is 62.2 Å². The second-order valence-corrected chi connectivity index (χ2v) is 10.4. The standard InChI is InChI=1S/C26H33IN4O7/c1-26(2,3)38-25(35)30-9-11-37-13-12-36-10-8-19-20(22(28)32)14-18(15-21(19)23(29)33)31-24(34)16-4-6-17(27)7-5-16/h4-7,14-15H,8-13H2,1-3H3,(H2,28,32)(H2,29,33)(H,30,35)(H,31,34). The molecule has 0 saturated carbocycles. The monoisotopic (exact) mass is 640 g/mol. The Labute approximate surface area is 235 Å². The van der Waals surface area contributed by atoms with Crippen molar-refractivity contribution >= 4 is 52.1 Å². The van der Waals surface area contributed by atoms with Gasteiger partial charge in [-0.05, 0) is 91.7 Å². The smallest absolute Gasteiger partial charge is 0.407 e. The molecule has 4 amide bonds. The van der Waals surface area contributed by atoms with Crippen molar-refractivity contribution in [1.29, 1.82) is 0 Å². The van der Waals surface area contributed by atoms with Gasteiger partial charge in [0.2, 0.25) is 11.8 Å². The lowest BCUT2D eigenvalue weighted by atomic mass is 9.96. The number of hydrogen-bond acceptors (Lipinski definition) is 7. The normalized spacial score (nSPS) is 11.1. The predicted octanol–water partition coefficient (Wildman–Crippen LogP) is 2.84. The molecule has 0 fully saturated rings. The molecule has 6 N–H and O–H groups in total. The van der Waals surface area contributed by atoms with Crippen LogP contribution in [0.25, 0.3) is 0 Å². The van der Waals surface area contributed by atoms with E-state index in [1.54, 1.807) is 45.0 Å². The Bertz CT molecular complexity index is 1110. The number of carbonyl (C=O) groups is 4. The van der Waals surface area contributed by atoms with Gasteiger partial charge in [-0.1, -0.05) is 0 Å². The molecule has 2 aromatic carbocycles. The van der Waals surface area contributed by atoms with Crippen molar-refractivity contribution in [2.24, 2.45) is 11.5 Å². The fourth-order valence-corrected chi connectivity index (χ4v) is 3.65. The number of carbonyl (C=O) groups excluding carboxylic acids is 4. The van der Waals surface area contributed by atoms with Crippen LogP contribution in [0, 0.1) is 3.57 Å². The number of ether oxygens (including phenoxy) is 3. The zero-order valence-electron chi connectivity index (χ0n) is 21.6. The van der Waals surface area contributed by atoms with Gasteiger partial charge in [-0.25, -0.2) is 4.79 Å². The first-order chi connectivity index (χ1) is 17.9. The van der Waals surface area contributed by atoms with Crippen molar-refractivity contribution < 1.29 is 33.4 Å². The Hall–Kier alpha value is -3.23. The van der Waals surface area contributed by atoms with Gasteiger partial charge in [0.25, 0.3) is 5.91 Å². The number of anilines is 1. The summed E-state index contributed by atoms with van der Waals surface area (Å²) in [5.41, 5.74) is 11.6. The molecule has 2 aromatic rings. The molecule has 0 radical (unpaired) electrons. The Kier molecular flexibility index (Phi) is 11.9. The Balaban J connectivity index is 1.90. The highest BCUT2D eigenvalue weighted by Gasteiger charge is 2.19. The third-order valence-corrected chi connectivity index (χ3v) is 5.65. The van der Waals surface area contributed by atoms with Gasteiger partial charge >= 0.3 is 6.09 Å². The van der Waals surface area contributed by atoms with Gasteiger partial charge < -0.3 is 36.3 Å². The van der Waals surface area contributed by atoms with E-state index in [0.717, 1.165) is 3.57 Å². The lowest BCUT2D eigenvalue weighted by molar-refractivity contribution is 0.0403. The fraction of sp³-hybridized carbons (Fsp3) is 0.385. The second-order valence-electron chi connectivity index (χ2n) is 9.14. The van der Waals surface area contributed by atoms with Crippen LogP contribution in [0.5, 0.6) is 0 Å². The zero-order valence-corrected chi connectivity index (χ0v) is 23.8. The fourth-order valence-electron chi connectivity index (χ4n) is 3.29. The summed E-state index contributed by atoms with van der Waals surface area (Å²) in [4.78, 5) is 48.5. The molecule has 2 rings (SSSR count). The molecular formula is C26H33IN4O7. The average Bonchev–Trinajstić information content (AvgIpc) is 2.82. The summed E-state index contributed by atoms with van der Waals surface area (Å²) in [5, 5.41) is 5.26. The van der Waals surface area contributed by atoms with Crippen LogP contribution in [0.4, 0.5) is 10.5 Å². The van der Waals surface area contributed by atoms with E-state index < -0.39 is 29.4 Å². The van der Waals surface area contributed by atoms with Crippen LogP contribution < -0.4 is 22.1 Å². The van der Waals surface area contributed by atoms with E-state index in [9.17, 15) is 19.2 Å². The van der Waals surface area contributed by atoms with Gasteiger partial charge in [0.15, 0.2) is 0 Å². The number of hydrogen-bond donors (Lipinski definition) is 4. The first kappa shape index (κ1) is 31.0. The summed E-state index contributed by atoms with van der Waals surface area (Å²) >= 11 is 2.13. The zero-order chi connectivity index (χ0) is 28.3. The molecule has 0 aromatic heterocycles. The van der Waals surface area contributed by atoms with Crippen LogP contribution in [0.3, 0.4) is 0 Å². The summed E-state index contributed by atoms with van der Waals surface area (Å²) in [6, 6.07) is 9.72. The lowest BCUT2D eigenvalue weighted by Crippen LogP contribution is -2.34. The van der Waals surface area contributed by atoms with Crippen LogP contribution in [0.2, 0.25) is 0 Å². The number of alkyl carbamates (subject to hydrolysis) is 1. The summed E-state index contributed by atoms with van der Waals surface area (Å²) in [5.74, 6) is -1.95.